The Hall–Kier alpha value is -3.06. The van der Waals surface area contributed by atoms with Gasteiger partial charge in [-0.2, -0.15) is 0 Å². The molecule has 154 valence electrons. The second-order valence-corrected chi connectivity index (χ2v) is 8.82. The van der Waals surface area contributed by atoms with E-state index in [1.165, 1.54) is 28.4 Å². The van der Waals surface area contributed by atoms with E-state index in [0.29, 0.717) is 30.8 Å². The molecule has 1 N–H and O–H groups in total. The fourth-order valence-electron chi connectivity index (χ4n) is 3.52. The van der Waals surface area contributed by atoms with E-state index < -0.39 is 5.41 Å². The summed E-state index contributed by atoms with van der Waals surface area (Å²) in [5.41, 5.74) is 1.16. The van der Waals surface area contributed by atoms with Crippen LogP contribution in [0.5, 0.6) is 5.75 Å². The maximum absolute atomic E-state index is 14.2. The number of amidine groups is 1. The van der Waals surface area contributed by atoms with Gasteiger partial charge in [-0.05, 0) is 23.3 Å². The molecule has 1 fully saturated rings. The highest BCUT2D eigenvalue weighted by Crippen LogP contribution is 2.41. The third-order valence-electron chi connectivity index (χ3n) is 5.30. The van der Waals surface area contributed by atoms with Gasteiger partial charge in [0.15, 0.2) is 0 Å². The second kappa shape index (κ2) is 7.99. The van der Waals surface area contributed by atoms with Crippen LogP contribution >= 0.6 is 11.3 Å². The van der Waals surface area contributed by atoms with Crippen molar-refractivity contribution in [3.05, 3.63) is 71.1 Å². The number of nitrogens with one attached hydrogen (secondary N) is 1. The van der Waals surface area contributed by atoms with Crippen LogP contribution in [-0.4, -0.2) is 28.7 Å². The molecule has 7 heteroatoms. The number of hydrogen-bond donors (Lipinski definition) is 1. The van der Waals surface area contributed by atoms with Gasteiger partial charge in [-0.15, -0.1) is 11.3 Å². The Kier molecular flexibility index (Phi) is 5.39. The number of amides is 1. The lowest BCUT2D eigenvalue weighted by Crippen LogP contribution is -2.46. The van der Waals surface area contributed by atoms with Crippen LogP contribution in [0.25, 0.3) is 10.4 Å². The molecule has 3 aromatic rings. The molecule has 2 aromatic carbocycles. The van der Waals surface area contributed by atoms with E-state index >= 15 is 0 Å². The molecule has 1 amide bonds. The van der Waals surface area contributed by atoms with Crippen molar-refractivity contribution in [3.8, 4) is 16.2 Å². The van der Waals surface area contributed by atoms with Crippen LogP contribution in [0.3, 0.4) is 0 Å². The number of thiazole rings is 1. The molecule has 1 saturated heterocycles. The van der Waals surface area contributed by atoms with Crippen LogP contribution < -0.4 is 4.74 Å². The minimum Gasteiger partial charge on any atom is -0.489 e. The number of benzene rings is 2. The lowest BCUT2D eigenvalue weighted by molar-refractivity contribution is -0.128. The number of nitrogens with zero attached hydrogens (tertiary/aromatic N) is 2. The summed E-state index contributed by atoms with van der Waals surface area (Å²) in [4.78, 5) is 19.0. The minimum absolute atomic E-state index is 0.0900. The van der Waals surface area contributed by atoms with Gasteiger partial charge in [0, 0.05) is 37.6 Å². The Bertz CT molecular complexity index is 1080. The first-order chi connectivity index (χ1) is 14.3. The van der Waals surface area contributed by atoms with Crippen molar-refractivity contribution in [2.24, 2.45) is 0 Å². The fourth-order valence-corrected chi connectivity index (χ4v) is 4.57. The summed E-state index contributed by atoms with van der Waals surface area (Å²) in [6.07, 6.45) is 2.44. The maximum Gasteiger partial charge on any atom is 0.228 e. The number of halogens is 1. The van der Waals surface area contributed by atoms with Gasteiger partial charge in [0.05, 0.1) is 9.88 Å². The van der Waals surface area contributed by atoms with E-state index in [1.807, 2.05) is 37.3 Å². The van der Waals surface area contributed by atoms with Gasteiger partial charge < -0.3 is 9.64 Å². The lowest BCUT2D eigenvalue weighted by Gasteiger charge is -2.36. The predicted molar refractivity (Wildman–Crippen MR) is 115 cm³/mol. The summed E-state index contributed by atoms with van der Waals surface area (Å²) in [5, 5.41) is 8.87. The highest BCUT2D eigenvalue weighted by molar-refractivity contribution is 7.15. The molecule has 1 aliphatic heterocycles. The van der Waals surface area contributed by atoms with Gasteiger partial charge in [0.1, 0.15) is 24.0 Å². The predicted octanol–water partition coefficient (Wildman–Crippen LogP) is 5.02. The van der Waals surface area contributed by atoms with E-state index in [2.05, 4.69) is 4.98 Å². The van der Waals surface area contributed by atoms with Crippen molar-refractivity contribution in [2.75, 3.05) is 7.05 Å². The minimum atomic E-state index is -0.524. The maximum atomic E-state index is 14.2. The Balaban J connectivity index is 1.56. The summed E-state index contributed by atoms with van der Waals surface area (Å²) >= 11 is 1.43. The van der Waals surface area contributed by atoms with E-state index in [-0.39, 0.29) is 17.6 Å². The lowest BCUT2D eigenvalue weighted by atomic mass is 9.80. The number of ether oxygens (including phenoxy) is 1. The van der Waals surface area contributed by atoms with Crippen molar-refractivity contribution in [1.82, 2.24) is 9.88 Å². The van der Waals surface area contributed by atoms with Crippen LogP contribution in [0, 0.1) is 11.2 Å². The molecule has 0 spiro atoms. The third kappa shape index (κ3) is 4.11. The highest BCUT2D eigenvalue weighted by Gasteiger charge is 2.40. The smallest absolute Gasteiger partial charge is 0.228 e. The molecule has 0 aliphatic carbocycles. The molecule has 4 rings (SSSR count). The first-order valence-electron chi connectivity index (χ1n) is 9.62. The average Bonchev–Trinajstić information content (AvgIpc) is 3.22. The number of likely N-dealkylation sites (tertiary alicyclic amines) is 1. The molecule has 0 bridgehead atoms. The zero-order chi connectivity index (χ0) is 21.3. The number of hydrogen-bond acceptors (Lipinski definition) is 5. The molecule has 30 heavy (non-hydrogen) atoms. The van der Waals surface area contributed by atoms with Crippen LogP contribution in [0.2, 0.25) is 0 Å². The van der Waals surface area contributed by atoms with Crippen molar-refractivity contribution >= 4 is 23.1 Å². The number of rotatable bonds is 5. The summed E-state index contributed by atoms with van der Waals surface area (Å²) in [7, 11) is 1.63. The number of carbonyl (C=O) groups excluding carboxylic acids is 1. The zero-order valence-electron chi connectivity index (χ0n) is 16.8. The zero-order valence-corrected chi connectivity index (χ0v) is 17.6. The average molecular weight is 424 g/mol. The molecule has 1 aromatic heterocycles. The Morgan fingerprint density at radius 2 is 2.00 bits per heavy atom. The summed E-state index contributed by atoms with van der Waals surface area (Å²) < 4.78 is 20.0. The molecule has 0 unspecified atom stereocenters. The molecule has 2 heterocycles. The van der Waals surface area contributed by atoms with Crippen LogP contribution in [0.1, 0.15) is 30.3 Å². The normalized spacial score (nSPS) is 19.2. The standard InChI is InChI=1S/C23H22FN3O2S/c1-23(11-20(25)27(2)21(28)12-23)22-26-13-19(30-22)16-8-17(24)10-18(9-16)29-14-15-6-4-3-5-7-15/h3-10,13,25H,11-12,14H2,1-2H3/t23-/m0/s1. The molecular weight excluding hydrogens is 401 g/mol. The van der Waals surface area contributed by atoms with Crippen molar-refractivity contribution in [2.45, 2.75) is 31.8 Å². The summed E-state index contributed by atoms with van der Waals surface area (Å²) in [6, 6.07) is 14.3. The first kappa shape index (κ1) is 20.2. The molecule has 1 atom stereocenters. The van der Waals surface area contributed by atoms with Crippen molar-refractivity contribution < 1.29 is 13.9 Å². The van der Waals surface area contributed by atoms with Gasteiger partial charge in [-0.25, -0.2) is 9.37 Å². The Morgan fingerprint density at radius 1 is 1.23 bits per heavy atom. The highest BCUT2D eigenvalue weighted by atomic mass is 32.1. The van der Waals surface area contributed by atoms with Gasteiger partial charge in [0.25, 0.3) is 0 Å². The van der Waals surface area contributed by atoms with E-state index in [9.17, 15) is 9.18 Å². The first-order valence-corrected chi connectivity index (χ1v) is 10.4. The van der Waals surface area contributed by atoms with Gasteiger partial charge in [-0.1, -0.05) is 37.3 Å². The van der Waals surface area contributed by atoms with Gasteiger partial charge >= 0.3 is 0 Å². The molecular formula is C23H22FN3O2S. The number of carbonyl (C=O) groups is 1. The van der Waals surface area contributed by atoms with Crippen molar-refractivity contribution in [3.63, 3.8) is 0 Å². The van der Waals surface area contributed by atoms with Crippen molar-refractivity contribution in [1.29, 1.82) is 5.41 Å². The van der Waals surface area contributed by atoms with Gasteiger partial charge in [-0.3, -0.25) is 10.2 Å². The quantitative estimate of drug-likeness (QED) is 0.627. The monoisotopic (exact) mass is 423 g/mol. The summed E-state index contributed by atoms with van der Waals surface area (Å²) in [5.74, 6) is 0.264. The SMILES string of the molecule is CN1C(=N)C[C@](C)(c2ncc(-c3cc(F)cc(OCc4ccccc4)c3)s2)CC1=O. The molecule has 5 nitrogen and oxygen atoms in total. The van der Waals surface area contributed by atoms with E-state index in [0.717, 1.165) is 15.4 Å². The Labute approximate surface area is 178 Å². The van der Waals surface area contributed by atoms with Crippen LogP contribution in [-0.2, 0) is 16.8 Å². The Morgan fingerprint density at radius 3 is 2.73 bits per heavy atom. The van der Waals surface area contributed by atoms with E-state index in [4.69, 9.17) is 10.1 Å². The second-order valence-electron chi connectivity index (χ2n) is 7.79. The fraction of sp³-hybridized carbons (Fsp3) is 0.261. The van der Waals surface area contributed by atoms with Crippen LogP contribution in [0.15, 0.2) is 54.7 Å². The topological polar surface area (TPSA) is 66.3 Å². The molecule has 0 saturated carbocycles. The van der Waals surface area contributed by atoms with Crippen LogP contribution in [0.4, 0.5) is 4.39 Å². The number of piperidine rings is 1. The third-order valence-corrected chi connectivity index (χ3v) is 6.66. The van der Waals surface area contributed by atoms with Gasteiger partial charge in [0.2, 0.25) is 5.91 Å². The largest absolute Gasteiger partial charge is 0.489 e. The summed E-state index contributed by atoms with van der Waals surface area (Å²) in [6.45, 7) is 2.31. The molecule has 1 aliphatic rings. The van der Waals surface area contributed by atoms with E-state index in [1.54, 1.807) is 19.3 Å². The number of aromatic nitrogens is 1. The molecule has 0 radical (unpaired) electrons.